The van der Waals surface area contributed by atoms with Crippen molar-refractivity contribution in [1.29, 1.82) is 5.26 Å². The number of carbonyl (C=O) groups is 1. The van der Waals surface area contributed by atoms with Gasteiger partial charge < -0.3 is 20.5 Å². The number of imidazole rings is 1. The summed E-state index contributed by atoms with van der Waals surface area (Å²) < 4.78 is 1.90. The molecule has 0 aliphatic carbocycles. The van der Waals surface area contributed by atoms with E-state index in [-0.39, 0.29) is 24.4 Å². The third-order valence-electron chi connectivity index (χ3n) is 6.13. The zero-order chi connectivity index (χ0) is 23.7. The van der Waals surface area contributed by atoms with E-state index in [9.17, 15) is 15.2 Å². The van der Waals surface area contributed by atoms with Crippen LogP contribution < -0.4 is 10.6 Å². The van der Waals surface area contributed by atoms with E-state index in [1.807, 2.05) is 41.8 Å². The first kappa shape index (κ1) is 21.8. The molecule has 10 heteroatoms. The molecular formula is C24H24N8O2. The SMILES string of the molecule is Cc1[nH]nc(C#N)c1-c1nc(-n2cnc3cc(NC4CNC(C=O)C4)ccc32)ccc1CCO. The Labute approximate surface area is 195 Å². The molecule has 2 atom stereocenters. The molecule has 4 aromatic rings. The van der Waals surface area contributed by atoms with Crippen LogP contribution >= 0.6 is 0 Å². The molecule has 1 fully saturated rings. The van der Waals surface area contributed by atoms with Crippen molar-refractivity contribution in [3.8, 4) is 23.1 Å². The van der Waals surface area contributed by atoms with E-state index in [4.69, 9.17) is 4.98 Å². The van der Waals surface area contributed by atoms with Crippen molar-refractivity contribution in [3.63, 3.8) is 0 Å². The summed E-state index contributed by atoms with van der Waals surface area (Å²) >= 11 is 0. The number of hydrogen-bond acceptors (Lipinski definition) is 8. The number of fused-ring (bicyclic) bond motifs is 1. The van der Waals surface area contributed by atoms with Crippen LogP contribution in [0.25, 0.3) is 28.1 Å². The minimum Gasteiger partial charge on any atom is -0.396 e. The van der Waals surface area contributed by atoms with Gasteiger partial charge in [-0.25, -0.2) is 9.97 Å². The van der Waals surface area contributed by atoms with Crippen molar-refractivity contribution in [2.45, 2.75) is 31.8 Å². The van der Waals surface area contributed by atoms with Crippen molar-refractivity contribution >= 4 is 23.0 Å². The molecule has 1 saturated heterocycles. The van der Waals surface area contributed by atoms with Crippen molar-refractivity contribution in [2.24, 2.45) is 0 Å². The highest BCUT2D eigenvalue weighted by Gasteiger charge is 2.23. The Balaban J connectivity index is 1.50. The first-order chi connectivity index (χ1) is 16.6. The fourth-order valence-electron chi connectivity index (χ4n) is 4.45. The number of aromatic amines is 1. The predicted octanol–water partition coefficient (Wildman–Crippen LogP) is 1.87. The summed E-state index contributed by atoms with van der Waals surface area (Å²) in [6.07, 6.45) is 3.84. The Morgan fingerprint density at radius 2 is 2.24 bits per heavy atom. The summed E-state index contributed by atoms with van der Waals surface area (Å²) in [6.45, 7) is 2.56. The molecule has 2 unspecified atom stereocenters. The number of carbonyl (C=O) groups excluding carboxylic acids is 1. The second kappa shape index (κ2) is 9.05. The fraction of sp³-hybridized carbons (Fsp3) is 0.292. The lowest BCUT2D eigenvalue weighted by molar-refractivity contribution is -0.109. The van der Waals surface area contributed by atoms with E-state index in [2.05, 4.69) is 31.9 Å². The number of nitrogens with zero attached hydrogens (tertiary/aromatic N) is 5. The van der Waals surface area contributed by atoms with Crippen molar-refractivity contribution in [3.05, 3.63) is 53.6 Å². The summed E-state index contributed by atoms with van der Waals surface area (Å²) in [5.74, 6) is 0.651. The quantitative estimate of drug-likeness (QED) is 0.309. The summed E-state index contributed by atoms with van der Waals surface area (Å²) in [5, 5.41) is 32.6. The standard InChI is InChI=1S/C24H24N8O2/c1-14-23(20(10-25)31-30-14)24-15(6-7-33)2-5-22(29-24)32-13-27-19-9-16(3-4-21(19)32)28-17-8-18(12-34)26-11-17/h2-5,9,12-13,17-18,26,28,33H,6-8,11H2,1H3,(H,30,31). The zero-order valence-electron chi connectivity index (χ0n) is 18.6. The molecule has 34 heavy (non-hydrogen) atoms. The molecule has 5 rings (SSSR count). The average Bonchev–Trinajstić information content (AvgIpc) is 3.57. The topological polar surface area (TPSA) is 145 Å². The first-order valence-electron chi connectivity index (χ1n) is 11.1. The molecule has 0 spiro atoms. The molecule has 0 saturated carbocycles. The van der Waals surface area contributed by atoms with E-state index in [0.29, 0.717) is 23.5 Å². The largest absolute Gasteiger partial charge is 0.396 e. The number of nitriles is 1. The molecule has 10 nitrogen and oxygen atoms in total. The smallest absolute Gasteiger partial charge is 0.171 e. The molecular weight excluding hydrogens is 432 g/mol. The van der Waals surface area contributed by atoms with Gasteiger partial charge in [0.25, 0.3) is 0 Å². The fourth-order valence-corrected chi connectivity index (χ4v) is 4.45. The maximum atomic E-state index is 11.0. The number of nitrogens with one attached hydrogen (secondary N) is 3. The highest BCUT2D eigenvalue weighted by atomic mass is 16.3. The van der Waals surface area contributed by atoms with Gasteiger partial charge in [-0.3, -0.25) is 9.67 Å². The number of H-pyrrole nitrogens is 1. The number of aliphatic hydroxyl groups is 1. The van der Waals surface area contributed by atoms with Gasteiger partial charge in [0, 0.05) is 30.6 Å². The average molecular weight is 457 g/mol. The number of aldehydes is 1. The summed E-state index contributed by atoms with van der Waals surface area (Å²) in [4.78, 5) is 20.4. The lowest BCUT2D eigenvalue weighted by Gasteiger charge is -2.13. The number of aliphatic hydroxyl groups excluding tert-OH is 1. The van der Waals surface area contributed by atoms with Gasteiger partial charge in [-0.1, -0.05) is 6.07 Å². The summed E-state index contributed by atoms with van der Waals surface area (Å²) in [6, 6.07) is 12.0. The van der Waals surface area contributed by atoms with E-state index in [1.165, 1.54) is 0 Å². The number of aryl methyl sites for hydroxylation is 1. The highest BCUT2D eigenvalue weighted by Crippen LogP contribution is 2.30. The Bertz CT molecular complexity index is 1400. The van der Waals surface area contributed by atoms with E-state index >= 15 is 0 Å². The van der Waals surface area contributed by atoms with Crippen LogP contribution in [-0.4, -0.2) is 61.4 Å². The third kappa shape index (κ3) is 3.91. The zero-order valence-corrected chi connectivity index (χ0v) is 18.6. The second-order valence-corrected chi connectivity index (χ2v) is 8.38. The van der Waals surface area contributed by atoms with E-state index in [0.717, 1.165) is 47.2 Å². The van der Waals surface area contributed by atoms with Crippen LogP contribution in [0.2, 0.25) is 0 Å². The van der Waals surface area contributed by atoms with Crippen molar-refractivity contribution in [1.82, 2.24) is 30.0 Å². The van der Waals surface area contributed by atoms with Gasteiger partial charge in [-0.2, -0.15) is 10.4 Å². The monoisotopic (exact) mass is 456 g/mol. The molecule has 1 aromatic carbocycles. The normalized spacial score (nSPS) is 17.7. The van der Waals surface area contributed by atoms with Crippen LogP contribution in [0.15, 0.2) is 36.7 Å². The Morgan fingerprint density at radius 3 is 3.00 bits per heavy atom. The van der Waals surface area contributed by atoms with Crippen LogP contribution in [0.1, 0.15) is 23.4 Å². The van der Waals surface area contributed by atoms with E-state index < -0.39 is 0 Å². The lowest BCUT2D eigenvalue weighted by atomic mass is 10.0. The molecule has 0 bridgehead atoms. The van der Waals surface area contributed by atoms with Gasteiger partial charge in [0.1, 0.15) is 24.5 Å². The number of aromatic nitrogens is 5. The van der Waals surface area contributed by atoms with Crippen LogP contribution in [0, 0.1) is 18.3 Å². The summed E-state index contributed by atoms with van der Waals surface area (Å²) in [5.41, 5.74) is 5.74. The van der Waals surface area contributed by atoms with Gasteiger partial charge in [-0.15, -0.1) is 0 Å². The van der Waals surface area contributed by atoms with Gasteiger partial charge in [0.15, 0.2) is 5.69 Å². The van der Waals surface area contributed by atoms with Crippen LogP contribution in [0.4, 0.5) is 5.69 Å². The molecule has 3 aromatic heterocycles. The minimum atomic E-state index is -0.102. The summed E-state index contributed by atoms with van der Waals surface area (Å²) in [7, 11) is 0. The van der Waals surface area contributed by atoms with Gasteiger partial charge in [0.2, 0.25) is 0 Å². The molecule has 1 aliphatic heterocycles. The van der Waals surface area contributed by atoms with E-state index in [1.54, 1.807) is 6.33 Å². The molecule has 0 radical (unpaired) electrons. The number of rotatable bonds is 7. The lowest BCUT2D eigenvalue weighted by Crippen LogP contribution is -2.23. The Kier molecular flexibility index (Phi) is 5.79. The van der Waals surface area contributed by atoms with Gasteiger partial charge in [0.05, 0.1) is 28.3 Å². The number of benzene rings is 1. The van der Waals surface area contributed by atoms with Crippen LogP contribution in [0.3, 0.4) is 0 Å². The first-order valence-corrected chi connectivity index (χ1v) is 11.1. The van der Waals surface area contributed by atoms with Crippen molar-refractivity contribution in [2.75, 3.05) is 18.5 Å². The maximum absolute atomic E-state index is 11.0. The Morgan fingerprint density at radius 1 is 1.35 bits per heavy atom. The van der Waals surface area contributed by atoms with Crippen molar-refractivity contribution < 1.29 is 9.90 Å². The van der Waals surface area contributed by atoms with Crippen LogP contribution in [0.5, 0.6) is 0 Å². The number of pyridine rings is 1. The molecule has 4 heterocycles. The number of hydrogen-bond donors (Lipinski definition) is 4. The van der Waals surface area contributed by atoms with Gasteiger partial charge in [-0.05, 0) is 49.6 Å². The molecule has 4 N–H and O–H groups in total. The third-order valence-corrected chi connectivity index (χ3v) is 6.13. The predicted molar refractivity (Wildman–Crippen MR) is 127 cm³/mol. The molecule has 172 valence electrons. The number of anilines is 1. The highest BCUT2D eigenvalue weighted by molar-refractivity contribution is 5.81. The van der Waals surface area contributed by atoms with Gasteiger partial charge >= 0.3 is 0 Å². The Hall–Kier alpha value is -4.07. The minimum absolute atomic E-state index is 0.0271. The second-order valence-electron chi connectivity index (χ2n) is 8.38. The molecule has 0 amide bonds. The van der Waals surface area contributed by atoms with Crippen LogP contribution in [-0.2, 0) is 11.2 Å². The maximum Gasteiger partial charge on any atom is 0.171 e. The molecule has 1 aliphatic rings.